The number of anilines is 1. The molecule has 0 aliphatic carbocycles. The second-order valence-electron chi connectivity index (χ2n) is 3.59. The Morgan fingerprint density at radius 1 is 1.56 bits per heavy atom. The van der Waals surface area contributed by atoms with Crippen molar-refractivity contribution in [3.05, 3.63) is 38.9 Å². The number of hydrogen-bond acceptors (Lipinski definition) is 5. The molecule has 0 aliphatic rings. The number of aromatic nitrogens is 2. The number of carboxylic acid groups (broad SMARTS) is 1. The van der Waals surface area contributed by atoms with Gasteiger partial charge in [0.25, 0.3) is 0 Å². The van der Waals surface area contributed by atoms with Gasteiger partial charge in [0.15, 0.2) is 0 Å². The normalized spacial score (nSPS) is 12.1. The zero-order valence-corrected chi connectivity index (χ0v) is 11.8. The van der Waals surface area contributed by atoms with Crippen LogP contribution in [0.1, 0.15) is 28.3 Å². The lowest BCUT2D eigenvalue weighted by Crippen LogP contribution is -2.12. The molecule has 2 aromatic rings. The second-order valence-corrected chi connectivity index (χ2v) is 5.43. The molecular weight excluding hydrogens is 318 g/mol. The minimum Gasteiger partial charge on any atom is -0.478 e. The van der Waals surface area contributed by atoms with Crippen molar-refractivity contribution in [1.29, 1.82) is 0 Å². The van der Waals surface area contributed by atoms with Crippen molar-refractivity contribution in [3.63, 3.8) is 0 Å². The molecule has 2 aromatic heterocycles. The highest BCUT2D eigenvalue weighted by Crippen LogP contribution is 2.24. The molecule has 1 atom stereocenters. The Morgan fingerprint density at radius 3 is 2.94 bits per heavy atom. The smallest absolute Gasteiger partial charge is 0.339 e. The van der Waals surface area contributed by atoms with Gasteiger partial charge in [-0.05, 0) is 28.9 Å². The molecule has 0 aliphatic heterocycles. The van der Waals surface area contributed by atoms with Crippen molar-refractivity contribution in [2.45, 2.75) is 13.0 Å². The van der Waals surface area contributed by atoms with Crippen LogP contribution in [-0.2, 0) is 0 Å². The van der Waals surface area contributed by atoms with Crippen LogP contribution in [0.2, 0.25) is 0 Å². The zero-order chi connectivity index (χ0) is 13.1. The molecule has 0 fully saturated rings. The van der Waals surface area contributed by atoms with Gasteiger partial charge in [-0.2, -0.15) is 0 Å². The largest absolute Gasteiger partial charge is 0.478 e. The molecular formula is C11H10BrN3O2S. The van der Waals surface area contributed by atoms with Gasteiger partial charge in [0.1, 0.15) is 16.4 Å². The van der Waals surface area contributed by atoms with Crippen LogP contribution in [0.15, 0.2) is 28.3 Å². The van der Waals surface area contributed by atoms with Gasteiger partial charge in [-0.3, -0.25) is 0 Å². The van der Waals surface area contributed by atoms with Gasteiger partial charge in [-0.15, -0.1) is 11.3 Å². The molecule has 0 saturated carbocycles. The van der Waals surface area contributed by atoms with Crippen LogP contribution in [0.3, 0.4) is 0 Å². The third kappa shape index (κ3) is 2.85. The number of pyridine rings is 1. The molecule has 1 unspecified atom stereocenters. The van der Waals surface area contributed by atoms with Crippen molar-refractivity contribution in [2.75, 3.05) is 5.32 Å². The lowest BCUT2D eigenvalue weighted by Gasteiger charge is -2.13. The quantitative estimate of drug-likeness (QED) is 0.902. The third-order valence-corrected chi connectivity index (χ3v) is 3.65. The fourth-order valence-electron chi connectivity index (χ4n) is 1.43. The maximum absolute atomic E-state index is 11.1. The Bertz CT molecular complexity index is 559. The van der Waals surface area contributed by atoms with E-state index in [4.69, 9.17) is 5.11 Å². The summed E-state index contributed by atoms with van der Waals surface area (Å²) in [5, 5.41) is 14.9. The highest BCUT2D eigenvalue weighted by molar-refractivity contribution is 9.10. The fraction of sp³-hybridized carbons (Fsp3) is 0.182. The van der Waals surface area contributed by atoms with Crippen LogP contribution < -0.4 is 5.32 Å². The van der Waals surface area contributed by atoms with Crippen LogP contribution in [0.4, 0.5) is 5.82 Å². The highest BCUT2D eigenvalue weighted by atomic mass is 79.9. The average Bonchev–Trinajstić information content (AvgIpc) is 2.84. The minimum atomic E-state index is -1.02. The van der Waals surface area contributed by atoms with Crippen LogP contribution in [0, 0.1) is 0 Å². The first-order valence-electron chi connectivity index (χ1n) is 5.12. The van der Waals surface area contributed by atoms with E-state index in [0.717, 1.165) is 5.01 Å². The predicted octanol–water partition coefficient (Wildman–Crippen LogP) is 3.17. The van der Waals surface area contributed by atoms with Crippen LogP contribution in [-0.4, -0.2) is 21.0 Å². The van der Waals surface area contributed by atoms with Gasteiger partial charge in [-0.1, -0.05) is 0 Å². The summed E-state index contributed by atoms with van der Waals surface area (Å²) in [6.45, 7) is 1.91. The molecule has 2 heterocycles. The zero-order valence-electron chi connectivity index (χ0n) is 9.42. The number of carboxylic acids is 1. The highest BCUT2D eigenvalue weighted by Gasteiger charge is 2.15. The Morgan fingerprint density at radius 2 is 2.33 bits per heavy atom. The molecule has 0 radical (unpaired) electrons. The molecule has 0 saturated heterocycles. The Balaban J connectivity index is 2.26. The second kappa shape index (κ2) is 5.45. The lowest BCUT2D eigenvalue weighted by molar-refractivity contribution is 0.0697. The van der Waals surface area contributed by atoms with Gasteiger partial charge in [0.05, 0.1) is 6.04 Å². The van der Waals surface area contributed by atoms with Gasteiger partial charge in [-0.25, -0.2) is 14.8 Å². The number of thiazole rings is 1. The van der Waals surface area contributed by atoms with E-state index in [1.165, 1.54) is 17.4 Å². The van der Waals surface area contributed by atoms with E-state index in [-0.39, 0.29) is 11.6 Å². The fourth-order valence-corrected chi connectivity index (χ4v) is 2.41. The molecule has 0 amide bonds. The van der Waals surface area contributed by atoms with Gasteiger partial charge in [0.2, 0.25) is 0 Å². The number of nitrogens with zero attached hydrogens (tertiary/aromatic N) is 2. The van der Waals surface area contributed by atoms with Crippen LogP contribution in [0.5, 0.6) is 0 Å². The van der Waals surface area contributed by atoms with E-state index in [0.29, 0.717) is 10.3 Å². The number of nitrogens with one attached hydrogen (secondary N) is 1. The molecule has 0 aromatic carbocycles. The Hall–Kier alpha value is -1.47. The molecule has 5 nitrogen and oxygen atoms in total. The molecule has 2 N–H and O–H groups in total. The van der Waals surface area contributed by atoms with Crippen molar-refractivity contribution >= 4 is 39.1 Å². The van der Waals surface area contributed by atoms with E-state index >= 15 is 0 Å². The molecule has 7 heteroatoms. The van der Waals surface area contributed by atoms with Gasteiger partial charge >= 0.3 is 5.97 Å². The Labute approximate surface area is 116 Å². The first-order valence-corrected chi connectivity index (χ1v) is 6.80. The summed E-state index contributed by atoms with van der Waals surface area (Å²) in [5.41, 5.74) is 0.132. The molecule has 0 bridgehead atoms. The summed E-state index contributed by atoms with van der Waals surface area (Å²) in [4.78, 5) is 19.4. The number of aromatic carboxylic acids is 1. The average molecular weight is 328 g/mol. The maximum atomic E-state index is 11.1. The number of halogens is 1. The van der Waals surface area contributed by atoms with Crippen molar-refractivity contribution < 1.29 is 9.90 Å². The first kappa shape index (κ1) is 13.0. The Kier molecular flexibility index (Phi) is 3.93. The van der Waals surface area contributed by atoms with Gasteiger partial charge in [0, 0.05) is 22.2 Å². The molecule has 18 heavy (non-hydrogen) atoms. The summed E-state index contributed by atoms with van der Waals surface area (Å²) in [5.74, 6) is -0.675. The monoisotopic (exact) mass is 327 g/mol. The lowest BCUT2D eigenvalue weighted by atomic mass is 10.2. The number of rotatable bonds is 4. The SMILES string of the molecule is CC(Nc1ncc(Br)cc1C(=O)O)c1nccs1. The number of hydrogen-bond donors (Lipinski definition) is 2. The summed E-state index contributed by atoms with van der Waals surface area (Å²) < 4.78 is 0.632. The first-order chi connectivity index (χ1) is 8.58. The van der Waals surface area contributed by atoms with Crippen LogP contribution >= 0.6 is 27.3 Å². The van der Waals surface area contributed by atoms with Crippen molar-refractivity contribution in [3.8, 4) is 0 Å². The number of carbonyl (C=O) groups is 1. The predicted molar refractivity (Wildman–Crippen MR) is 73.0 cm³/mol. The van der Waals surface area contributed by atoms with E-state index in [9.17, 15) is 4.79 Å². The summed E-state index contributed by atoms with van der Waals surface area (Å²) in [6.07, 6.45) is 3.27. The molecule has 94 valence electrons. The van der Waals surface area contributed by atoms with Crippen LogP contribution in [0.25, 0.3) is 0 Å². The standard InChI is InChI=1S/C11H10BrN3O2S/c1-6(10-13-2-3-18-10)15-9-8(11(16)17)4-7(12)5-14-9/h2-6H,1H3,(H,14,15)(H,16,17). The molecule has 0 spiro atoms. The summed E-state index contributed by atoms with van der Waals surface area (Å²) in [6, 6.07) is 1.43. The summed E-state index contributed by atoms with van der Waals surface area (Å²) >= 11 is 4.72. The van der Waals surface area contributed by atoms with E-state index in [2.05, 4.69) is 31.2 Å². The topological polar surface area (TPSA) is 75.1 Å². The maximum Gasteiger partial charge on any atom is 0.339 e. The third-order valence-electron chi connectivity index (χ3n) is 2.26. The summed E-state index contributed by atoms with van der Waals surface area (Å²) in [7, 11) is 0. The molecule has 2 rings (SSSR count). The van der Waals surface area contributed by atoms with Gasteiger partial charge < -0.3 is 10.4 Å². The van der Waals surface area contributed by atoms with E-state index in [1.54, 1.807) is 12.4 Å². The van der Waals surface area contributed by atoms with Crippen molar-refractivity contribution in [2.24, 2.45) is 0 Å². The van der Waals surface area contributed by atoms with Crippen molar-refractivity contribution in [1.82, 2.24) is 9.97 Å². The van der Waals surface area contributed by atoms with E-state index < -0.39 is 5.97 Å². The minimum absolute atomic E-state index is 0.0863. The van der Waals surface area contributed by atoms with E-state index in [1.807, 2.05) is 12.3 Å².